The van der Waals surface area contributed by atoms with E-state index in [9.17, 15) is 26.8 Å². The van der Waals surface area contributed by atoms with Crippen molar-refractivity contribution >= 4 is 22.0 Å². The summed E-state index contributed by atoms with van der Waals surface area (Å²) in [5.74, 6) is -2.57. The van der Waals surface area contributed by atoms with Crippen LogP contribution in [0.1, 0.15) is 18.9 Å². The molecule has 3 amide bonds. The van der Waals surface area contributed by atoms with Crippen LogP contribution in [0.25, 0.3) is 0 Å². The predicted molar refractivity (Wildman–Crippen MR) is 86.0 cm³/mol. The van der Waals surface area contributed by atoms with E-state index in [4.69, 9.17) is 0 Å². The van der Waals surface area contributed by atoms with E-state index in [2.05, 4.69) is 5.32 Å². The van der Waals surface area contributed by atoms with E-state index >= 15 is 0 Å². The molecule has 0 bridgehead atoms. The Morgan fingerprint density at radius 1 is 1.24 bits per heavy atom. The van der Waals surface area contributed by atoms with E-state index in [1.165, 1.54) is 21.0 Å². The van der Waals surface area contributed by atoms with Gasteiger partial charge in [-0.05, 0) is 31.5 Å². The predicted octanol–water partition coefficient (Wildman–Crippen LogP) is 1.01. The lowest BCUT2D eigenvalue weighted by Crippen LogP contribution is -2.42. The molecule has 1 N–H and O–H groups in total. The van der Waals surface area contributed by atoms with Crippen molar-refractivity contribution < 1.29 is 26.8 Å². The zero-order valence-electron chi connectivity index (χ0n) is 14.0. The van der Waals surface area contributed by atoms with Gasteiger partial charge in [0.25, 0.3) is 5.91 Å². The molecule has 0 spiro atoms. The summed E-state index contributed by atoms with van der Waals surface area (Å²) < 4.78 is 51.9. The number of carbonyl (C=O) groups is 2. The first-order chi connectivity index (χ1) is 11.5. The highest BCUT2D eigenvalue weighted by atomic mass is 32.2. The van der Waals surface area contributed by atoms with E-state index in [1.807, 2.05) is 0 Å². The van der Waals surface area contributed by atoms with Gasteiger partial charge in [0.05, 0.1) is 5.75 Å². The van der Waals surface area contributed by atoms with Crippen molar-refractivity contribution in [2.75, 3.05) is 26.4 Å². The highest BCUT2D eigenvalue weighted by molar-refractivity contribution is 7.89. The monoisotopic (exact) mass is 375 g/mol. The van der Waals surface area contributed by atoms with Gasteiger partial charge in [0, 0.05) is 26.2 Å². The van der Waals surface area contributed by atoms with Gasteiger partial charge in [-0.25, -0.2) is 26.3 Å². The van der Waals surface area contributed by atoms with Gasteiger partial charge in [-0.3, -0.25) is 9.69 Å². The first kappa shape index (κ1) is 19.3. The second-order valence-corrected chi connectivity index (χ2v) is 8.39. The highest BCUT2D eigenvalue weighted by Gasteiger charge is 2.50. The normalized spacial score (nSPS) is 21.1. The summed E-state index contributed by atoms with van der Waals surface area (Å²) >= 11 is 0. The van der Waals surface area contributed by atoms with Gasteiger partial charge in [-0.1, -0.05) is 0 Å². The van der Waals surface area contributed by atoms with Gasteiger partial charge in [-0.15, -0.1) is 0 Å². The topological polar surface area (TPSA) is 86.8 Å². The molecule has 1 atom stereocenters. The lowest BCUT2D eigenvalue weighted by Gasteiger charge is -2.23. The Balaban J connectivity index is 2.18. The van der Waals surface area contributed by atoms with Gasteiger partial charge in [0.2, 0.25) is 10.0 Å². The Morgan fingerprint density at radius 2 is 1.88 bits per heavy atom. The molecular formula is C15H19F2N3O4S. The molecule has 1 unspecified atom stereocenters. The number of imide groups is 1. The maximum absolute atomic E-state index is 14.0. The van der Waals surface area contributed by atoms with Crippen molar-refractivity contribution in [2.45, 2.75) is 18.9 Å². The van der Waals surface area contributed by atoms with Crippen molar-refractivity contribution in [1.82, 2.24) is 14.5 Å². The molecule has 10 heteroatoms. The number of carbonyl (C=O) groups excluding carboxylic acids is 2. The van der Waals surface area contributed by atoms with E-state index in [1.54, 1.807) is 0 Å². The van der Waals surface area contributed by atoms with Crippen LogP contribution in [0, 0.1) is 11.6 Å². The number of halogens is 2. The summed E-state index contributed by atoms with van der Waals surface area (Å²) in [7, 11) is -0.700. The molecule has 1 aromatic rings. The van der Waals surface area contributed by atoms with Crippen molar-refractivity contribution in [3.8, 4) is 0 Å². The maximum Gasteiger partial charge on any atom is 0.325 e. The lowest BCUT2D eigenvalue weighted by atomic mass is 9.91. The van der Waals surface area contributed by atoms with Crippen LogP contribution in [0.15, 0.2) is 18.2 Å². The maximum atomic E-state index is 14.0. The first-order valence-electron chi connectivity index (χ1n) is 7.49. The molecule has 1 aliphatic heterocycles. The van der Waals surface area contributed by atoms with Gasteiger partial charge < -0.3 is 5.32 Å². The second kappa shape index (κ2) is 6.68. The van der Waals surface area contributed by atoms with Crippen LogP contribution in [0.2, 0.25) is 0 Å². The minimum atomic E-state index is -3.46. The Morgan fingerprint density at radius 3 is 2.48 bits per heavy atom. The highest BCUT2D eigenvalue weighted by Crippen LogP contribution is 2.31. The number of amides is 3. The number of nitrogens with one attached hydrogen (secondary N) is 1. The van der Waals surface area contributed by atoms with Gasteiger partial charge in [0.1, 0.15) is 17.2 Å². The third-order valence-corrected chi connectivity index (χ3v) is 6.00. The van der Waals surface area contributed by atoms with Crippen LogP contribution >= 0.6 is 0 Å². The van der Waals surface area contributed by atoms with E-state index in [0.29, 0.717) is 0 Å². The van der Waals surface area contributed by atoms with E-state index in [-0.39, 0.29) is 24.3 Å². The van der Waals surface area contributed by atoms with Crippen LogP contribution in [0.5, 0.6) is 0 Å². The van der Waals surface area contributed by atoms with Gasteiger partial charge in [-0.2, -0.15) is 0 Å². The van der Waals surface area contributed by atoms with Crippen molar-refractivity contribution in [1.29, 1.82) is 0 Å². The van der Waals surface area contributed by atoms with Gasteiger partial charge >= 0.3 is 6.03 Å². The van der Waals surface area contributed by atoms with Crippen molar-refractivity contribution in [3.05, 3.63) is 35.4 Å². The number of hydrogen-bond donors (Lipinski definition) is 1. The smallest absolute Gasteiger partial charge is 0.319 e. The number of hydrogen-bond acceptors (Lipinski definition) is 4. The fraction of sp³-hybridized carbons (Fsp3) is 0.467. The fourth-order valence-corrected chi connectivity index (χ4v) is 3.41. The second-order valence-electron chi connectivity index (χ2n) is 6.09. The SMILES string of the molecule is CN(C)S(=O)(=O)CCCN1C(=O)NC(C)(c2cc(F)ccc2F)C1=O. The third kappa shape index (κ3) is 3.64. The Labute approximate surface area is 144 Å². The summed E-state index contributed by atoms with van der Waals surface area (Å²) in [4.78, 5) is 25.5. The molecule has 1 heterocycles. The van der Waals surface area contributed by atoms with Crippen LogP contribution in [-0.2, 0) is 20.4 Å². The lowest BCUT2D eigenvalue weighted by molar-refractivity contribution is -0.131. The van der Waals surface area contributed by atoms with Crippen LogP contribution in [-0.4, -0.2) is 56.0 Å². The molecule has 0 aromatic heterocycles. The fourth-order valence-electron chi connectivity index (χ4n) is 2.55. The Kier molecular flexibility index (Phi) is 5.14. The Hall–Kier alpha value is -2.07. The number of nitrogens with zero attached hydrogens (tertiary/aromatic N) is 2. The molecule has 138 valence electrons. The molecule has 0 aliphatic carbocycles. The summed E-state index contributed by atoms with van der Waals surface area (Å²) in [6, 6.07) is 1.86. The molecule has 0 saturated carbocycles. The largest absolute Gasteiger partial charge is 0.325 e. The summed E-state index contributed by atoms with van der Waals surface area (Å²) in [5.41, 5.74) is -2.03. The minimum Gasteiger partial charge on any atom is -0.319 e. The molecule has 25 heavy (non-hydrogen) atoms. The number of urea groups is 1. The Bertz CT molecular complexity index is 813. The standard InChI is InChI=1S/C15H19F2N3O4S/c1-15(11-9-10(16)5-6-12(11)17)13(21)20(14(22)18-15)7-4-8-25(23,24)19(2)3/h5-6,9H,4,7-8H2,1-3H3,(H,18,22). The van der Waals surface area contributed by atoms with Crippen LogP contribution < -0.4 is 5.32 Å². The van der Waals surface area contributed by atoms with E-state index < -0.39 is 39.1 Å². The molecule has 2 rings (SSSR count). The number of sulfonamides is 1. The first-order valence-corrected chi connectivity index (χ1v) is 9.10. The third-order valence-electron chi connectivity index (χ3n) is 4.08. The zero-order valence-corrected chi connectivity index (χ0v) is 14.9. The quantitative estimate of drug-likeness (QED) is 0.752. The van der Waals surface area contributed by atoms with Crippen molar-refractivity contribution in [3.63, 3.8) is 0 Å². The number of benzene rings is 1. The molecular weight excluding hydrogens is 356 g/mol. The molecule has 1 aliphatic rings. The van der Waals surface area contributed by atoms with Crippen molar-refractivity contribution in [2.24, 2.45) is 0 Å². The van der Waals surface area contributed by atoms with E-state index in [0.717, 1.165) is 27.4 Å². The van der Waals surface area contributed by atoms with Gasteiger partial charge in [0.15, 0.2) is 0 Å². The summed E-state index contributed by atoms with van der Waals surface area (Å²) in [5, 5.41) is 2.36. The average Bonchev–Trinajstić information content (AvgIpc) is 2.73. The summed E-state index contributed by atoms with van der Waals surface area (Å²) in [6.45, 7) is 1.13. The van der Waals surface area contributed by atoms with Crippen LogP contribution in [0.3, 0.4) is 0 Å². The molecule has 1 fully saturated rings. The molecule has 1 saturated heterocycles. The molecule has 0 radical (unpaired) electrons. The number of rotatable bonds is 6. The zero-order chi connectivity index (χ0) is 19.0. The molecule has 1 aromatic carbocycles. The average molecular weight is 375 g/mol. The molecule has 7 nitrogen and oxygen atoms in total. The van der Waals surface area contributed by atoms with Crippen LogP contribution in [0.4, 0.5) is 13.6 Å². The minimum absolute atomic E-state index is 0.0292. The summed E-state index contributed by atoms with van der Waals surface area (Å²) in [6.07, 6.45) is 0.0292.